The van der Waals surface area contributed by atoms with E-state index < -0.39 is 0 Å². The maximum Gasteiger partial charge on any atom is 0.246 e. The van der Waals surface area contributed by atoms with Gasteiger partial charge in [-0.1, -0.05) is 6.92 Å². The quantitative estimate of drug-likeness (QED) is 0.724. The van der Waals surface area contributed by atoms with Gasteiger partial charge in [0.05, 0.1) is 0 Å². The Bertz CT molecular complexity index is 388. The lowest BCUT2D eigenvalue weighted by Crippen LogP contribution is -2.64. The molecule has 0 N–H and O–H groups in total. The van der Waals surface area contributed by atoms with Crippen LogP contribution in [0.5, 0.6) is 0 Å². The summed E-state index contributed by atoms with van der Waals surface area (Å²) in [6.07, 6.45) is 6.34. The zero-order chi connectivity index (χ0) is 13.6. The highest BCUT2D eigenvalue weighted by atomic mass is 16.2. The fourth-order valence-corrected chi connectivity index (χ4v) is 4.03. The Morgan fingerprint density at radius 3 is 2.32 bits per heavy atom. The SMILES string of the molecule is CC1CCC(N2C(=O)C3CCCN3C(=O)C2C)CC1. The number of fused-ring (bicyclic) bond motifs is 1. The van der Waals surface area contributed by atoms with E-state index in [1.165, 1.54) is 12.8 Å². The van der Waals surface area contributed by atoms with Crippen LogP contribution in [0.2, 0.25) is 0 Å². The number of nitrogens with zero attached hydrogens (tertiary/aromatic N) is 2. The molecule has 2 saturated heterocycles. The Labute approximate surface area is 115 Å². The molecule has 0 aromatic heterocycles. The molecule has 4 nitrogen and oxygen atoms in total. The molecule has 106 valence electrons. The van der Waals surface area contributed by atoms with Crippen LogP contribution in [-0.4, -0.2) is 46.3 Å². The molecule has 3 fully saturated rings. The van der Waals surface area contributed by atoms with Crippen LogP contribution >= 0.6 is 0 Å². The number of hydrogen-bond donors (Lipinski definition) is 0. The molecule has 0 bridgehead atoms. The molecule has 19 heavy (non-hydrogen) atoms. The van der Waals surface area contributed by atoms with Crippen LogP contribution in [-0.2, 0) is 9.59 Å². The molecule has 2 unspecified atom stereocenters. The summed E-state index contributed by atoms with van der Waals surface area (Å²) in [5.74, 6) is 1.15. The van der Waals surface area contributed by atoms with Crippen LogP contribution in [0.1, 0.15) is 52.4 Å². The van der Waals surface area contributed by atoms with Gasteiger partial charge in [-0.25, -0.2) is 0 Å². The lowest BCUT2D eigenvalue weighted by Gasteiger charge is -2.46. The third-order valence-corrected chi connectivity index (χ3v) is 5.23. The van der Waals surface area contributed by atoms with Crippen LogP contribution < -0.4 is 0 Å². The molecule has 3 rings (SSSR count). The van der Waals surface area contributed by atoms with E-state index in [4.69, 9.17) is 0 Å². The van der Waals surface area contributed by atoms with Crippen molar-refractivity contribution in [2.24, 2.45) is 5.92 Å². The number of amides is 2. The minimum atomic E-state index is -0.250. The molecule has 4 heteroatoms. The zero-order valence-electron chi connectivity index (χ0n) is 12.0. The summed E-state index contributed by atoms with van der Waals surface area (Å²) in [6, 6.07) is -0.103. The van der Waals surface area contributed by atoms with E-state index in [1.54, 1.807) is 0 Å². The standard InChI is InChI=1S/C15H24N2O2/c1-10-5-7-12(8-6-10)17-11(2)14(18)16-9-3-4-13(16)15(17)19/h10-13H,3-9H2,1-2H3. The van der Waals surface area contributed by atoms with Crippen molar-refractivity contribution in [2.75, 3.05) is 6.54 Å². The van der Waals surface area contributed by atoms with E-state index in [9.17, 15) is 9.59 Å². The first-order chi connectivity index (χ1) is 9.09. The number of rotatable bonds is 1. The summed E-state index contributed by atoms with van der Waals surface area (Å²) in [5, 5.41) is 0. The van der Waals surface area contributed by atoms with Crippen LogP contribution in [0, 0.1) is 5.92 Å². The maximum absolute atomic E-state index is 12.7. The third-order valence-electron chi connectivity index (χ3n) is 5.23. The van der Waals surface area contributed by atoms with Gasteiger partial charge >= 0.3 is 0 Å². The number of carbonyl (C=O) groups excluding carboxylic acids is 2. The highest BCUT2D eigenvalue weighted by molar-refractivity contribution is 5.97. The summed E-state index contributed by atoms with van der Waals surface area (Å²) >= 11 is 0. The second kappa shape index (κ2) is 4.80. The van der Waals surface area contributed by atoms with E-state index in [0.717, 1.165) is 38.1 Å². The van der Waals surface area contributed by atoms with Crippen LogP contribution in [0.25, 0.3) is 0 Å². The van der Waals surface area contributed by atoms with E-state index in [1.807, 2.05) is 16.7 Å². The molecule has 0 aromatic carbocycles. The van der Waals surface area contributed by atoms with Crippen molar-refractivity contribution >= 4 is 11.8 Å². The van der Waals surface area contributed by atoms with Crippen LogP contribution in [0.3, 0.4) is 0 Å². The highest BCUT2D eigenvalue weighted by Gasteiger charge is 2.48. The number of piperazine rings is 1. The van der Waals surface area contributed by atoms with Gasteiger partial charge in [0, 0.05) is 12.6 Å². The second-order valence-electron chi connectivity index (χ2n) is 6.52. The molecule has 3 aliphatic rings. The summed E-state index contributed by atoms with van der Waals surface area (Å²) in [5.41, 5.74) is 0. The Kier molecular flexibility index (Phi) is 3.27. The molecule has 1 aliphatic carbocycles. The van der Waals surface area contributed by atoms with Crippen molar-refractivity contribution in [1.29, 1.82) is 0 Å². The van der Waals surface area contributed by atoms with Crippen molar-refractivity contribution in [3.8, 4) is 0 Å². The van der Waals surface area contributed by atoms with Gasteiger partial charge < -0.3 is 9.80 Å². The molecule has 2 aliphatic heterocycles. The van der Waals surface area contributed by atoms with Gasteiger partial charge in [0.25, 0.3) is 0 Å². The van der Waals surface area contributed by atoms with E-state index in [0.29, 0.717) is 6.04 Å². The summed E-state index contributed by atoms with van der Waals surface area (Å²) in [6.45, 7) is 4.96. The monoisotopic (exact) mass is 264 g/mol. The van der Waals surface area contributed by atoms with Crippen molar-refractivity contribution in [2.45, 2.75) is 70.5 Å². The Balaban J connectivity index is 1.80. The van der Waals surface area contributed by atoms with Crippen molar-refractivity contribution in [1.82, 2.24) is 9.80 Å². The van der Waals surface area contributed by atoms with Gasteiger partial charge in [-0.05, 0) is 51.4 Å². The fraction of sp³-hybridized carbons (Fsp3) is 0.867. The molecule has 0 aromatic rings. The van der Waals surface area contributed by atoms with Gasteiger partial charge in [0.2, 0.25) is 11.8 Å². The van der Waals surface area contributed by atoms with Crippen molar-refractivity contribution < 1.29 is 9.59 Å². The normalized spacial score (nSPS) is 39.7. The molecular formula is C15H24N2O2. The van der Waals surface area contributed by atoms with Gasteiger partial charge in [0.1, 0.15) is 12.1 Å². The van der Waals surface area contributed by atoms with Crippen LogP contribution in [0.4, 0.5) is 0 Å². The first-order valence-corrected chi connectivity index (χ1v) is 7.72. The third kappa shape index (κ3) is 2.05. The molecule has 0 radical (unpaired) electrons. The summed E-state index contributed by atoms with van der Waals surface area (Å²) in [7, 11) is 0. The summed E-state index contributed by atoms with van der Waals surface area (Å²) < 4.78 is 0. The topological polar surface area (TPSA) is 40.6 Å². The van der Waals surface area contributed by atoms with Crippen molar-refractivity contribution in [3.05, 3.63) is 0 Å². The van der Waals surface area contributed by atoms with E-state index in [2.05, 4.69) is 6.92 Å². The molecule has 1 saturated carbocycles. The average Bonchev–Trinajstić information content (AvgIpc) is 2.88. The predicted molar refractivity (Wildman–Crippen MR) is 72.5 cm³/mol. The molecular weight excluding hydrogens is 240 g/mol. The number of hydrogen-bond acceptors (Lipinski definition) is 2. The Morgan fingerprint density at radius 1 is 0.947 bits per heavy atom. The smallest absolute Gasteiger partial charge is 0.246 e. The van der Waals surface area contributed by atoms with Crippen molar-refractivity contribution in [3.63, 3.8) is 0 Å². The van der Waals surface area contributed by atoms with Crippen LogP contribution in [0.15, 0.2) is 0 Å². The maximum atomic E-state index is 12.7. The first-order valence-electron chi connectivity index (χ1n) is 7.72. The minimum absolute atomic E-state index is 0.150. The van der Waals surface area contributed by atoms with E-state index in [-0.39, 0.29) is 23.9 Å². The first kappa shape index (κ1) is 12.9. The molecule has 0 spiro atoms. The fourth-order valence-electron chi connectivity index (χ4n) is 4.03. The largest absolute Gasteiger partial charge is 0.329 e. The number of carbonyl (C=O) groups is 2. The van der Waals surface area contributed by atoms with Gasteiger partial charge in [0.15, 0.2) is 0 Å². The average molecular weight is 264 g/mol. The lowest BCUT2D eigenvalue weighted by atomic mass is 9.85. The predicted octanol–water partition coefficient (Wildman–Crippen LogP) is 1.79. The lowest BCUT2D eigenvalue weighted by molar-refractivity contribution is -0.162. The van der Waals surface area contributed by atoms with E-state index >= 15 is 0 Å². The van der Waals surface area contributed by atoms with Gasteiger partial charge in [-0.2, -0.15) is 0 Å². The second-order valence-corrected chi connectivity index (χ2v) is 6.52. The summed E-state index contributed by atoms with van der Waals surface area (Å²) in [4.78, 5) is 28.8. The Morgan fingerprint density at radius 2 is 1.63 bits per heavy atom. The molecule has 2 heterocycles. The highest BCUT2D eigenvalue weighted by Crippen LogP contribution is 2.33. The molecule has 2 amide bonds. The van der Waals surface area contributed by atoms with Gasteiger partial charge in [-0.15, -0.1) is 0 Å². The zero-order valence-corrected chi connectivity index (χ0v) is 12.0. The Hall–Kier alpha value is -1.06. The minimum Gasteiger partial charge on any atom is -0.329 e. The molecule has 2 atom stereocenters. The van der Waals surface area contributed by atoms with Gasteiger partial charge in [-0.3, -0.25) is 9.59 Å².